The molecule has 29 heavy (non-hydrogen) atoms. The van der Waals surface area contributed by atoms with Crippen LogP contribution in [0.25, 0.3) is 11.1 Å². The van der Waals surface area contributed by atoms with Crippen LogP contribution in [0.15, 0.2) is 42.5 Å². The molecular weight excluding hydrogens is 404 g/mol. The minimum Gasteiger partial charge on any atom is -0.465 e. The van der Waals surface area contributed by atoms with E-state index in [1.54, 1.807) is 36.4 Å². The van der Waals surface area contributed by atoms with Crippen molar-refractivity contribution in [2.24, 2.45) is 0 Å². The Kier molecular flexibility index (Phi) is 6.74. The molecule has 1 aliphatic rings. The van der Waals surface area contributed by atoms with E-state index in [2.05, 4.69) is 4.74 Å². The maximum absolute atomic E-state index is 11.5. The van der Waals surface area contributed by atoms with Crippen molar-refractivity contribution in [3.63, 3.8) is 0 Å². The summed E-state index contributed by atoms with van der Waals surface area (Å²) >= 11 is 6.35. The standard InChI is InChI=1S/C20H21ClO8/c1-27-19(26)11-4-2-10(3-5-11)13-7-6-12(8-14(13)21)28-20-18(25)17(24)16(23)15(9-22)29-20/h2-8,15-18,20,22-25H,9H2,1H3/t15-,16-,17+,18+,20+/m1/s1. The maximum Gasteiger partial charge on any atom is 0.337 e. The number of esters is 1. The number of benzene rings is 2. The van der Waals surface area contributed by atoms with E-state index in [1.807, 2.05) is 0 Å². The van der Waals surface area contributed by atoms with Gasteiger partial charge in [-0.2, -0.15) is 0 Å². The largest absolute Gasteiger partial charge is 0.465 e. The highest BCUT2D eigenvalue weighted by Gasteiger charge is 2.44. The Balaban J connectivity index is 1.76. The van der Waals surface area contributed by atoms with Gasteiger partial charge in [-0.15, -0.1) is 0 Å². The number of ether oxygens (including phenoxy) is 3. The number of methoxy groups -OCH3 is 1. The van der Waals surface area contributed by atoms with Crippen LogP contribution in [0.1, 0.15) is 10.4 Å². The summed E-state index contributed by atoms with van der Waals surface area (Å²) in [6, 6.07) is 11.5. The molecule has 0 unspecified atom stereocenters. The first kappa shape index (κ1) is 21.5. The average molecular weight is 425 g/mol. The Morgan fingerprint density at radius 3 is 2.34 bits per heavy atom. The number of halogens is 1. The van der Waals surface area contributed by atoms with E-state index >= 15 is 0 Å². The second kappa shape index (κ2) is 9.08. The van der Waals surface area contributed by atoms with Crippen LogP contribution in [0.3, 0.4) is 0 Å². The molecule has 2 aromatic rings. The van der Waals surface area contributed by atoms with Crippen LogP contribution in [0, 0.1) is 0 Å². The fourth-order valence-corrected chi connectivity index (χ4v) is 3.29. The lowest BCUT2D eigenvalue weighted by atomic mass is 9.99. The van der Waals surface area contributed by atoms with Crippen molar-refractivity contribution in [3.05, 3.63) is 53.1 Å². The molecule has 3 rings (SSSR count). The maximum atomic E-state index is 11.5. The van der Waals surface area contributed by atoms with E-state index in [4.69, 9.17) is 21.1 Å². The van der Waals surface area contributed by atoms with Crippen LogP contribution in [0.4, 0.5) is 0 Å². The molecule has 0 saturated carbocycles. The Labute approximate surface area is 171 Å². The van der Waals surface area contributed by atoms with Gasteiger partial charge in [-0.1, -0.05) is 23.7 Å². The molecule has 0 radical (unpaired) electrons. The van der Waals surface area contributed by atoms with Crippen molar-refractivity contribution < 1.29 is 39.4 Å². The smallest absolute Gasteiger partial charge is 0.337 e. The SMILES string of the molecule is COC(=O)c1ccc(-c2ccc(O[C@H]3O[C@H](CO)[C@@H](O)[C@H](O)[C@@H]3O)cc2Cl)cc1. The van der Waals surface area contributed by atoms with Crippen LogP contribution >= 0.6 is 11.6 Å². The summed E-state index contributed by atoms with van der Waals surface area (Å²) in [5, 5.41) is 39.3. The van der Waals surface area contributed by atoms with Crippen molar-refractivity contribution in [3.8, 4) is 16.9 Å². The molecule has 0 aromatic heterocycles. The zero-order valence-corrected chi connectivity index (χ0v) is 16.2. The first-order chi connectivity index (χ1) is 13.8. The highest BCUT2D eigenvalue weighted by molar-refractivity contribution is 6.33. The number of hydrogen-bond acceptors (Lipinski definition) is 8. The number of aliphatic hydroxyl groups is 4. The Bertz CT molecular complexity index is 854. The van der Waals surface area contributed by atoms with Gasteiger partial charge in [-0.25, -0.2) is 4.79 Å². The van der Waals surface area contributed by atoms with Gasteiger partial charge in [-0.05, 0) is 35.9 Å². The molecule has 2 aromatic carbocycles. The molecule has 1 saturated heterocycles. The van der Waals surface area contributed by atoms with Gasteiger partial charge in [0.05, 0.1) is 24.3 Å². The Morgan fingerprint density at radius 1 is 1.07 bits per heavy atom. The molecule has 5 atom stereocenters. The molecule has 0 aliphatic carbocycles. The molecule has 156 valence electrons. The van der Waals surface area contributed by atoms with E-state index in [-0.39, 0.29) is 5.75 Å². The normalized spacial score (nSPS) is 26.8. The summed E-state index contributed by atoms with van der Waals surface area (Å²) < 4.78 is 15.5. The molecular formula is C20H21ClO8. The molecule has 0 spiro atoms. The third-order valence-corrected chi connectivity index (χ3v) is 4.97. The van der Waals surface area contributed by atoms with Gasteiger partial charge >= 0.3 is 5.97 Å². The monoisotopic (exact) mass is 424 g/mol. The zero-order chi connectivity index (χ0) is 21.1. The minimum absolute atomic E-state index is 0.259. The Morgan fingerprint density at radius 2 is 1.76 bits per heavy atom. The molecule has 0 bridgehead atoms. The van der Waals surface area contributed by atoms with Crippen molar-refractivity contribution in [2.45, 2.75) is 30.7 Å². The lowest BCUT2D eigenvalue weighted by Gasteiger charge is -2.39. The highest BCUT2D eigenvalue weighted by Crippen LogP contribution is 2.33. The predicted molar refractivity (Wildman–Crippen MR) is 103 cm³/mol. The summed E-state index contributed by atoms with van der Waals surface area (Å²) in [7, 11) is 1.31. The summed E-state index contributed by atoms with van der Waals surface area (Å²) in [5.41, 5.74) is 1.86. The molecule has 1 heterocycles. The summed E-state index contributed by atoms with van der Waals surface area (Å²) in [4.78, 5) is 11.5. The van der Waals surface area contributed by atoms with E-state index < -0.39 is 43.3 Å². The number of aliphatic hydroxyl groups excluding tert-OH is 4. The first-order valence-corrected chi connectivity index (χ1v) is 9.19. The Hall–Kier alpha value is -2.20. The van der Waals surface area contributed by atoms with Gasteiger partial charge < -0.3 is 34.6 Å². The third kappa shape index (κ3) is 4.53. The lowest BCUT2D eigenvalue weighted by molar-refractivity contribution is -0.277. The number of carbonyl (C=O) groups excluding carboxylic acids is 1. The summed E-state index contributed by atoms with van der Waals surface area (Å²) in [6.07, 6.45) is -6.88. The second-order valence-electron chi connectivity index (χ2n) is 6.53. The topological polar surface area (TPSA) is 126 Å². The van der Waals surface area contributed by atoms with Gasteiger partial charge in [0.25, 0.3) is 0 Å². The number of carbonyl (C=O) groups is 1. The van der Waals surface area contributed by atoms with Gasteiger partial charge in [0, 0.05) is 5.56 Å². The molecule has 1 fully saturated rings. The predicted octanol–water partition coefficient (Wildman–Crippen LogP) is 0.972. The summed E-state index contributed by atoms with van der Waals surface area (Å²) in [5.74, 6) is -0.180. The lowest BCUT2D eigenvalue weighted by Crippen LogP contribution is -2.60. The number of rotatable bonds is 5. The fourth-order valence-electron chi connectivity index (χ4n) is 3.01. The van der Waals surface area contributed by atoms with Crippen LogP contribution in [0.2, 0.25) is 5.02 Å². The molecule has 4 N–H and O–H groups in total. The van der Waals surface area contributed by atoms with Crippen LogP contribution < -0.4 is 4.74 Å². The van der Waals surface area contributed by atoms with Crippen molar-refractivity contribution >= 4 is 17.6 Å². The van der Waals surface area contributed by atoms with Crippen molar-refractivity contribution in [1.82, 2.24) is 0 Å². The van der Waals surface area contributed by atoms with Crippen molar-refractivity contribution in [2.75, 3.05) is 13.7 Å². The van der Waals surface area contributed by atoms with E-state index in [9.17, 15) is 25.2 Å². The van der Waals surface area contributed by atoms with Crippen molar-refractivity contribution in [1.29, 1.82) is 0 Å². The van der Waals surface area contributed by atoms with E-state index in [0.717, 1.165) is 5.56 Å². The van der Waals surface area contributed by atoms with Gasteiger partial charge in [0.15, 0.2) is 0 Å². The molecule has 0 amide bonds. The fraction of sp³-hybridized carbons (Fsp3) is 0.350. The molecule has 1 aliphatic heterocycles. The highest BCUT2D eigenvalue weighted by atomic mass is 35.5. The number of hydrogen-bond donors (Lipinski definition) is 4. The van der Waals surface area contributed by atoms with Gasteiger partial charge in [0.2, 0.25) is 6.29 Å². The summed E-state index contributed by atoms with van der Waals surface area (Å²) in [6.45, 7) is -0.550. The quantitative estimate of drug-likeness (QED) is 0.523. The molecule has 8 nitrogen and oxygen atoms in total. The molecule has 9 heteroatoms. The van der Waals surface area contributed by atoms with Crippen LogP contribution in [-0.4, -0.2) is 70.8 Å². The van der Waals surface area contributed by atoms with Crippen LogP contribution in [-0.2, 0) is 9.47 Å². The minimum atomic E-state index is -1.53. The first-order valence-electron chi connectivity index (χ1n) is 8.81. The van der Waals surface area contributed by atoms with E-state index in [0.29, 0.717) is 16.1 Å². The van der Waals surface area contributed by atoms with Crippen LogP contribution in [0.5, 0.6) is 5.75 Å². The zero-order valence-electron chi connectivity index (χ0n) is 15.4. The average Bonchev–Trinajstić information content (AvgIpc) is 2.74. The third-order valence-electron chi connectivity index (χ3n) is 4.66. The van der Waals surface area contributed by atoms with Gasteiger partial charge in [0.1, 0.15) is 30.2 Å². The second-order valence-corrected chi connectivity index (χ2v) is 6.93. The van der Waals surface area contributed by atoms with E-state index in [1.165, 1.54) is 13.2 Å². The van der Waals surface area contributed by atoms with Gasteiger partial charge in [-0.3, -0.25) is 0 Å².